The molecule has 0 atom stereocenters. The van der Waals surface area contributed by atoms with Gasteiger partial charge in [-0.3, -0.25) is 9.69 Å². The topological polar surface area (TPSA) is 58.8 Å². The summed E-state index contributed by atoms with van der Waals surface area (Å²) in [6.07, 6.45) is 1.80. The van der Waals surface area contributed by atoms with Crippen LogP contribution in [0.3, 0.4) is 0 Å². The largest absolute Gasteiger partial charge is 0.441 e. The van der Waals surface area contributed by atoms with Crippen LogP contribution in [0.25, 0.3) is 11.5 Å². The van der Waals surface area contributed by atoms with Crippen LogP contribution in [0.1, 0.15) is 24.3 Å². The SMILES string of the molecule is Cc1oc(-c2ccc(Cl)cc2)nc1CN1CCC(C(=O)N2CCOCC2)CC1. The molecule has 2 aromatic rings. The number of ether oxygens (including phenoxy) is 1. The number of morpholine rings is 1. The molecule has 0 N–H and O–H groups in total. The van der Waals surface area contributed by atoms with Crippen molar-refractivity contribution in [3.8, 4) is 11.5 Å². The van der Waals surface area contributed by atoms with Crippen molar-refractivity contribution >= 4 is 17.5 Å². The summed E-state index contributed by atoms with van der Waals surface area (Å²) < 4.78 is 11.2. The molecular weight excluding hydrogens is 378 g/mol. The molecule has 0 radical (unpaired) electrons. The van der Waals surface area contributed by atoms with Crippen LogP contribution in [-0.4, -0.2) is 60.1 Å². The lowest BCUT2D eigenvalue weighted by molar-refractivity contribution is -0.141. The highest BCUT2D eigenvalue weighted by atomic mass is 35.5. The zero-order valence-electron chi connectivity index (χ0n) is 16.2. The van der Waals surface area contributed by atoms with Crippen LogP contribution in [0, 0.1) is 12.8 Å². The van der Waals surface area contributed by atoms with Crippen LogP contribution in [0.2, 0.25) is 5.02 Å². The average molecular weight is 404 g/mol. The quantitative estimate of drug-likeness (QED) is 0.783. The molecule has 2 aliphatic rings. The highest BCUT2D eigenvalue weighted by Crippen LogP contribution is 2.26. The number of carbonyl (C=O) groups excluding carboxylic acids is 1. The molecular formula is C21H26ClN3O3. The number of nitrogens with zero attached hydrogens (tertiary/aromatic N) is 3. The summed E-state index contributed by atoms with van der Waals surface area (Å²) >= 11 is 5.96. The number of benzene rings is 1. The second kappa shape index (κ2) is 8.64. The van der Waals surface area contributed by atoms with E-state index in [0.29, 0.717) is 30.0 Å². The molecule has 1 amide bonds. The minimum Gasteiger partial charge on any atom is -0.441 e. The number of aryl methyl sites for hydroxylation is 1. The van der Waals surface area contributed by atoms with E-state index in [1.54, 1.807) is 0 Å². The van der Waals surface area contributed by atoms with Gasteiger partial charge < -0.3 is 14.1 Å². The maximum atomic E-state index is 12.7. The van der Waals surface area contributed by atoms with Crippen LogP contribution in [0.5, 0.6) is 0 Å². The Morgan fingerprint density at radius 2 is 1.82 bits per heavy atom. The van der Waals surface area contributed by atoms with E-state index < -0.39 is 0 Å². The van der Waals surface area contributed by atoms with E-state index in [4.69, 9.17) is 25.7 Å². The Morgan fingerprint density at radius 3 is 2.50 bits per heavy atom. The minimum atomic E-state index is 0.136. The lowest BCUT2D eigenvalue weighted by Gasteiger charge is -2.35. The molecule has 7 heteroatoms. The Morgan fingerprint density at radius 1 is 1.14 bits per heavy atom. The molecule has 0 aliphatic carbocycles. The van der Waals surface area contributed by atoms with Crippen LogP contribution < -0.4 is 0 Å². The van der Waals surface area contributed by atoms with Gasteiger partial charge in [-0.15, -0.1) is 0 Å². The van der Waals surface area contributed by atoms with Gasteiger partial charge >= 0.3 is 0 Å². The summed E-state index contributed by atoms with van der Waals surface area (Å²) in [5.74, 6) is 1.90. The second-order valence-corrected chi connectivity index (χ2v) is 7.95. The number of hydrogen-bond acceptors (Lipinski definition) is 5. The van der Waals surface area contributed by atoms with E-state index in [9.17, 15) is 4.79 Å². The van der Waals surface area contributed by atoms with Gasteiger partial charge in [-0.1, -0.05) is 11.6 Å². The zero-order valence-corrected chi connectivity index (χ0v) is 17.0. The van der Waals surface area contributed by atoms with E-state index in [1.807, 2.05) is 36.1 Å². The number of likely N-dealkylation sites (tertiary alicyclic amines) is 1. The fraction of sp³-hybridized carbons (Fsp3) is 0.524. The molecule has 3 heterocycles. The number of carbonyl (C=O) groups is 1. The van der Waals surface area contributed by atoms with Gasteiger partial charge in [0.05, 0.1) is 18.9 Å². The molecule has 1 aromatic carbocycles. The fourth-order valence-electron chi connectivity index (χ4n) is 3.88. The second-order valence-electron chi connectivity index (χ2n) is 7.52. The molecule has 2 saturated heterocycles. The number of amides is 1. The molecule has 6 nitrogen and oxygen atoms in total. The van der Waals surface area contributed by atoms with Gasteiger partial charge in [0.25, 0.3) is 0 Å². The Kier molecular flexibility index (Phi) is 5.99. The summed E-state index contributed by atoms with van der Waals surface area (Å²) in [5.41, 5.74) is 1.89. The maximum Gasteiger partial charge on any atom is 0.226 e. The molecule has 150 valence electrons. The Labute approximate surface area is 170 Å². The van der Waals surface area contributed by atoms with Crippen molar-refractivity contribution in [2.24, 2.45) is 5.92 Å². The minimum absolute atomic E-state index is 0.136. The van der Waals surface area contributed by atoms with Crippen LogP contribution in [0.15, 0.2) is 28.7 Å². The summed E-state index contributed by atoms with van der Waals surface area (Å²) in [6.45, 7) is 7.29. The Bertz CT molecular complexity index is 807. The predicted octanol–water partition coefficient (Wildman–Crippen LogP) is 3.37. The summed E-state index contributed by atoms with van der Waals surface area (Å²) in [7, 11) is 0. The number of aromatic nitrogens is 1. The van der Waals surface area contributed by atoms with Gasteiger partial charge in [-0.05, 0) is 57.1 Å². The van der Waals surface area contributed by atoms with Gasteiger partial charge in [0, 0.05) is 36.1 Å². The highest BCUT2D eigenvalue weighted by molar-refractivity contribution is 6.30. The lowest BCUT2D eigenvalue weighted by atomic mass is 9.95. The third-order valence-corrected chi connectivity index (χ3v) is 5.87. The number of piperidine rings is 1. The molecule has 0 bridgehead atoms. The first-order valence-corrected chi connectivity index (χ1v) is 10.3. The predicted molar refractivity (Wildman–Crippen MR) is 107 cm³/mol. The van der Waals surface area contributed by atoms with E-state index in [-0.39, 0.29) is 5.92 Å². The monoisotopic (exact) mass is 403 g/mol. The van der Waals surface area contributed by atoms with Crippen molar-refractivity contribution in [1.29, 1.82) is 0 Å². The van der Waals surface area contributed by atoms with E-state index in [0.717, 1.165) is 62.6 Å². The molecule has 0 unspecified atom stereocenters. The molecule has 4 rings (SSSR count). The summed E-state index contributed by atoms with van der Waals surface area (Å²) in [6, 6.07) is 7.51. The van der Waals surface area contributed by atoms with Crippen molar-refractivity contribution in [1.82, 2.24) is 14.8 Å². The standard InChI is InChI=1S/C21H26ClN3O3/c1-15-19(23-20(28-15)16-2-4-18(22)5-3-16)14-24-8-6-17(7-9-24)21(26)25-10-12-27-13-11-25/h2-5,17H,6-14H2,1H3. The number of halogens is 1. The van der Waals surface area contributed by atoms with Crippen LogP contribution in [0.4, 0.5) is 0 Å². The molecule has 28 heavy (non-hydrogen) atoms. The van der Waals surface area contributed by atoms with Crippen molar-refractivity contribution in [3.05, 3.63) is 40.7 Å². The smallest absolute Gasteiger partial charge is 0.226 e. The van der Waals surface area contributed by atoms with Gasteiger partial charge in [-0.25, -0.2) is 4.98 Å². The first-order chi connectivity index (χ1) is 13.6. The molecule has 2 fully saturated rings. The Balaban J connectivity index is 1.33. The number of oxazole rings is 1. The van der Waals surface area contributed by atoms with E-state index in [1.165, 1.54) is 0 Å². The molecule has 1 aromatic heterocycles. The number of rotatable bonds is 4. The Hall–Kier alpha value is -1.89. The van der Waals surface area contributed by atoms with Crippen LogP contribution in [-0.2, 0) is 16.1 Å². The number of hydrogen-bond donors (Lipinski definition) is 0. The molecule has 2 aliphatic heterocycles. The average Bonchev–Trinajstić information content (AvgIpc) is 3.09. The van der Waals surface area contributed by atoms with Crippen molar-refractivity contribution < 1.29 is 13.9 Å². The van der Waals surface area contributed by atoms with Crippen LogP contribution >= 0.6 is 11.6 Å². The van der Waals surface area contributed by atoms with Crippen molar-refractivity contribution in [2.45, 2.75) is 26.3 Å². The molecule has 0 saturated carbocycles. The van der Waals surface area contributed by atoms with Gasteiger partial charge in [0.2, 0.25) is 11.8 Å². The maximum absolute atomic E-state index is 12.7. The third-order valence-electron chi connectivity index (χ3n) is 5.62. The van der Waals surface area contributed by atoms with Crippen molar-refractivity contribution in [3.63, 3.8) is 0 Å². The van der Waals surface area contributed by atoms with Gasteiger partial charge in [0.1, 0.15) is 5.76 Å². The van der Waals surface area contributed by atoms with Gasteiger partial charge in [-0.2, -0.15) is 0 Å². The lowest BCUT2D eigenvalue weighted by Crippen LogP contribution is -2.46. The normalized spacial score (nSPS) is 19.1. The highest BCUT2D eigenvalue weighted by Gasteiger charge is 2.29. The first kappa shape index (κ1) is 19.4. The molecule has 0 spiro atoms. The van der Waals surface area contributed by atoms with E-state index >= 15 is 0 Å². The van der Waals surface area contributed by atoms with Crippen molar-refractivity contribution in [2.75, 3.05) is 39.4 Å². The summed E-state index contributed by atoms with van der Waals surface area (Å²) in [5, 5.41) is 0.696. The van der Waals surface area contributed by atoms with E-state index in [2.05, 4.69) is 4.90 Å². The fourth-order valence-corrected chi connectivity index (χ4v) is 4.01. The first-order valence-electron chi connectivity index (χ1n) is 9.91. The zero-order chi connectivity index (χ0) is 19.5. The third kappa shape index (κ3) is 4.40. The summed E-state index contributed by atoms with van der Waals surface area (Å²) in [4.78, 5) is 21.7. The van der Waals surface area contributed by atoms with Gasteiger partial charge in [0.15, 0.2) is 0 Å².